The predicted octanol–water partition coefficient (Wildman–Crippen LogP) is -7.83. The van der Waals surface area contributed by atoms with E-state index in [1.807, 2.05) is 0 Å². The van der Waals surface area contributed by atoms with Crippen molar-refractivity contribution in [2.75, 3.05) is 0 Å². The minimum atomic E-state index is 0. The van der Waals surface area contributed by atoms with Gasteiger partial charge in [-0.1, -0.05) is 0 Å². The zero-order chi connectivity index (χ0) is 0. The van der Waals surface area contributed by atoms with E-state index in [4.69, 9.17) is 0 Å². The Balaban J connectivity index is 0. The van der Waals surface area contributed by atoms with Crippen LogP contribution < -0.4 is 29.6 Å². The van der Waals surface area contributed by atoms with Gasteiger partial charge < -0.3 is 34.3 Å². The van der Waals surface area contributed by atoms with Gasteiger partial charge in [0.05, 0.1) is 0 Å². The molecule has 0 aromatic heterocycles. The SMILES string of the molecule is O.O.O.O.O.O.[H-].[Mn].[Na+]. The maximum absolute atomic E-state index is 0. The first-order chi connectivity index (χ1) is 0. The van der Waals surface area contributed by atoms with Crippen LogP contribution in [0.4, 0.5) is 0 Å². The molecule has 0 aliphatic rings. The smallest absolute Gasteiger partial charge is 1.00 e. The summed E-state index contributed by atoms with van der Waals surface area (Å²) in [6.45, 7) is 0. The molecule has 8 heteroatoms. The summed E-state index contributed by atoms with van der Waals surface area (Å²) < 4.78 is 0. The molecular weight excluding hydrogens is 174 g/mol. The number of hydrogen-bond donors (Lipinski definition) is 0. The molecule has 0 spiro atoms. The molecule has 0 amide bonds. The topological polar surface area (TPSA) is 189 Å². The molecular formula is H13MnNaO6. The molecule has 8 heavy (non-hydrogen) atoms. The van der Waals surface area contributed by atoms with Gasteiger partial charge in [0, 0.05) is 17.1 Å². The maximum Gasteiger partial charge on any atom is 1.00 e. The first kappa shape index (κ1) is 389. The van der Waals surface area contributed by atoms with Gasteiger partial charge in [-0.3, -0.25) is 0 Å². The molecule has 0 unspecified atom stereocenters. The largest absolute Gasteiger partial charge is 1.00 e. The van der Waals surface area contributed by atoms with Gasteiger partial charge in [-0.2, -0.15) is 0 Å². The monoisotopic (exact) mass is 187 g/mol. The van der Waals surface area contributed by atoms with Crippen LogP contribution in [0.25, 0.3) is 0 Å². The Hall–Kier alpha value is 1.28. The van der Waals surface area contributed by atoms with Crippen molar-refractivity contribution >= 4 is 0 Å². The molecule has 0 aromatic carbocycles. The third kappa shape index (κ3) is 175. The standard InChI is InChI=1S/Mn.Na.6H2O.H/h;;6*1H2;/q;+1;;;;;;;-1. The second-order valence-electron chi connectivity index (χ2n) is 0. The van der Waals surface area contributed by atoms with Crippen LogP contribution in [0.15, 0.2) is 0 Å². The molecule has 0 saturated heterocycles. The molecule has 6 nitrogen and oxygen atoms in total. The molecule has 0 atom stereocenters. The third-order valence-electron chi connectivity index (χ3n) is 0. The van der Waals surface area contributed by atoms with Crippen molar-refractivity contribution in [2.45, 2.75) is 0 Å². The number of rotatable bonds is 0. The van der Waals surface area contributed by atoms with Gasteiger partial charge in [0.25, 0.3) is 0 Å². The van der Waals surface area contributed by atoms with Gasteiger partial charge in [0.2, 0.25) is 0 Å². The van der Waals surface area contributed by atoms with E-state index in [-0.39, 0.29) is 80.9 Å². The second-order valence-corrected chi connectivity index (χ2v) is 0. The van der Waals surface area contributed by atoms with Gasteiger partial charge in [0.15, 0.2) is 0 Å². The summed E-state index contributed by atoms with van der Waals surface area (Å²) in [5.41, 5.74) is 0. The van der Waals surface area contributed by atoms with E-state index < -0.39 is 0 Å². The van der Waals surface area contributed by atoms with Crippen molar-refractivity contribution in [3.05, 3.63) is 0 Å². The maximum atomic E-state index is 0. The Kier molecular flexibility index (Phi) is 13000. The molecule has 57 valence electrons. The average Bonchev–Trinajstić information content (AvgIpc) is 0. The summed E-state index contributed by atoms with van der Waals surface area (Å²) >= 11 is 0. The number of hydrogen-bond acceptors (Lipinski definition) is 0. The fraction of sp³-hybridized carbons (Fsp3) is 0. The van der Waals surface area contributed by atoms with Crippen molar-refractivity contribution < 1.29 is 80.9 Å². The summed E-state index contributed by atoms with van der Waals surface area (Å²) in [5, 5.41) is 0. The van der Waals surface area contributed by atoms with Crippen LogP contribution in [-0.4, -0.2) is 32.9 Å². The Morgan fingerprint density at radius 3 is 0.500 bits per heavy atom. The van der Waals surface area contributed by atoms with E-state index in [1.54, 1.807) is 0 Å². The molecule has 0 aromatic rings. The summed E-state index contributed by atoms with van der Waals surface area (Å²) in [6.07, 6.45) is 0. The molecule has 0 saturated carbocycles. The van der Waals surface area contributed by atoms with Crippen molar-refractivity contribution in [2.24, 2.45) is 0 Å². The molecule has 0 aliphatic carbocycles. The van der Waals surface area contributed by atoms with Gasteiger partial charge in [-0.25, -0.2) is 0 Å². The molecule has 0 fully saturated rings. The first-order valence-electron chi connectivity index (χ1n) is 0. The van der Waals surface area contributed by atoms with Gasteiger partial charge in [-0.05, 0) is 0 Å². The minimum Gasteiger partial charge on any atom is -1.00 e. The minimum absolute atomic E-state index is 0. The van der Waals surface area contributed by atoms with Crippen molar-refractivity contribution in [3.8, 4) is 0 Å². The van der Waals surface area contributed by atoms with E-state index in [2.05, 4.69) is 0 Å². The van der Waals surface area contributed by atoms with Crippen molar-refractivity contribution in [3.63, 3.8) is 0 Å². The van der Waals surface area contributed by atoms with Crippen LogP contribution in [0.1, 0.15) is 1.43 Å². The summed E-state index contributed by atoms with van der Waals surface area (Å²) in [6, 6.07) is 0. The summed E-state index contributed by atoms with van der Waals surface area (Å²) in [4.78, 5) is 0. The zero-order valence-corrected chi connectivity index (χ0v) is 7.56. The molecule has 0 aliphatic heterocycles. The summed E-state index contributed by atoms with van der Waals surface area (Å²) in [7, 11) is 0. The van der Waals surface area contributed by atoms with Crippen LogP contribution in [0.3, 0.4) is 0 Å². The van der Waals surface area contributed by atoms with Crippen molar-refractivity contribution in [1.82, 2.24) is 0 Å². The molecule has 0 rings (SSSR count). The Labute approximate surface area is 80.7 Å². The van der Waals surface area contributed by atoms with Crippen molar-refractivity contribution in [1.29, 1.82) is 0 Å². The van der Waals surface area contributed by atoms with Crippen LogP contribution in [0.5, 0.6) is 0 Å². The predicted molar refractivity (Wildman–Crippen MR) is 22.8 cm³/mol. The quantitative estimate of drug-likeness (QED) is 0.325. The van der Waals surface area contributed by atoms with E-state index in [1.165, 1.54) is 0 Å². The van der Waals surface area contributed by atoms with Crippen LogP contribution in [0.2, 0.25) is 0 Å². The van der Waals surface area contributed by atoms with Gasteiger partial charge >= 0.3 is 29.6 Å². The van der Waals surface area contributed by atoms with Crippen LogP contribution in [0, 0.1) is 0 Å². The Morgan fingerprint density at radius 2 is 0.500 bits per heavy atom. The van der Waals surface area contributed by atoms with E-state index in [9.17, 15) is 0 Å². The fourth-order valence-corrected chi connectivity index (χ4v) is 0. The molecule has 1 radical (unpaired) electrons. The summed E-state index contributed by atoms with van der Waals surface area (Å²) in [5.74, 6) is 0. The molecule has 12 N–H and O–H groups in total. The van der Waals surface area contributed by atoms with Gasteiger partial charge in [0.1, 0.15) is 0 Å². The Bertz CT molecular complexity index is 13.0. The van der Waals surface area contributed by atoms with E-state index in [0.29, 0.717) is 0 Å². The third-order valence-corrected chi connectivity index (χ3v) is 0. The van der Waals surface area contributed by atoms with E-state index >= 15 is 0 Å². The second kappa shape index (κ2) is 268. The average molecular weight is 187 g/mol. The van der Waals surface area contributed by atoms with Crippen LogP contribution >= 0.6 is 0 Å². The normalized spacial score (nSPS) is 0. The van der Waals surface area contributed by atoms with E-state index in [0.717, 1.165) is 0 Å². The fourth-order valence-electron chi connectivity index (χ4n) is 0. The van der Waals surface area contributed by atoms with Crippen LogP contribution in [-0.2, 0) is 17.1 Å². The first-order valence-corrected chi connectivity index (χ1v) is 0. The molecule has 0 bridgehead atoms. The molecule has 0 heterocycles. The zero-order valence-electron chi connectivity index (χ0n) is 5.38. The Morgan fingerprint density at radius 1 is 0.500 bits per heavy atom. The van der Waals surface area contributed by atoms with Gasteiger partial charge in [-0.15, -0.1) is 0 Å².